The summed E-state index contributed by atoms with van der Waals surface area (Å²) in [5.74, 6) is -0.982. The van der Waals surface area contributed by atoms with E-state index in [1.165, 1.54) is 32.2 Å². The van der Waals surface area contributed by atoms with Crippen molar-refractivity contribution in [2.75, 3.05) is 0 Å². The predicted octanol–water partition coefficient (Wildman–Crippen LogP) is 2.82. The number of hydrogen-bond donors (Lipinski definition) is 3. The van der Waals surface area contributed by atoms with Gasteiger partial charge in [0, 0.05) is 23.8 Å². The van der Waals surface area contributed by atoms with Crippen molar-refractivity contribution in [2.24, 2.45) is 0 Å². The summed E-state index contributed by atoms with van der Waals surface area (Å²) in [7, 11) is 0. The number of aliphatic hydroxyl groups is 1. The number of amides is 2. The molecule has 2 aromatic rings. The number of carbonyl (C=O) groups is 2. The van der Waals surface area contributed by atoms with Crippen LogP contribution in [-0.2, 0) is 4.79 Å². The second kappa shape index (κ2) is 8.69. The monoisotopic (exact) mass is 399 g/mol. The van der Waals surface area contributed by atoms with Crippen molar-refractivity contribution in [1.82, 2.24) is 15.6 Å². The van der Waals surface area contributed by atoms with Crippen LogP contribution in [-0.4, -0.2) is 39.6 Å². The van der Waals surface area contributed by atoms with E-state index in [0.29, 0.717) is 23.2 Å². The average Bonchev–Trinajstić information content (AvgIpc) is 2.67. The maximum Gasteiger partial charge on any atom is 0.253 e. The number of pyridine rings is 1. The standard InChI is InChI=1S/C22H26FN3O3/c1-22(2,29)21(28)26-18-8-4-7-17(12-18)25-20(27)15-9-10-19(24-13-15)14-5-3-6-16(23)11-14/h3,5-6,9-11,13,17-18,29H,4,7-8,12H2,1-2H3,(H,25,27)(H,26,28)/t17?,18-/m1/s1. The maximum atomic E-state index is 13.4. The smallest absolute Gasteiger partial charge is 0.253 e. The molecule has 6 nitrogen and oxygen atoms in total. The molecule has 0 radical (unpaired) electrons. The summed E-state index contributed by atoms with van der Waals surface area (Å²) in [6.07, 6.45) is 4.61. The molecule has 1 aliphatic rings. The van der Waals surface area contributed by atoms with Gasteiger partial charge in [-0.25, -0.2) is 4.39 Å². The van der Waals surface area contributed by atoms with Gasteiger partial charge in [0.1, 0.15) is 11.4 Å². The number of halogens is 1. The van der Waals surface area contributed by atoms with Crippen molar-refractivity contribution < 1.29 is 19.1 Å². The van der Waals surface area contributed by atoms with E-state index in [-0.39, 0.29) is 23.8 Å². The number of aromatic nitrogens is 1. The van der Waals surface area contributed by atoms with E-state index >= 15 is 0 Å². The predicted molar refractivity (Wildman–Crippen MR) is 108 cm³/mol. The molecule has 1 aliphatic carbocycles. The van der Waals surface area contributed by atoms with Crippen LogP contribution in [0.25, 0.3) is 11.3 Å². The summed E-state index contributed by atoms with van der Waals surface area (Å²) in [5, 5.41) is 15.6. The molecular weight excluding hydrogens is 373 g/mol. The molecule has 0 spiro atoms. The first kappa shape index (κ1) is 20.9. The van der Waals surface area contributed by atoms with E-state index in [4.69, 9.17) is 0 Å². The first-order valence-corrected chi connectivity index (χ1v) is 9.78. The van der Waals surface area contributed by atoms with E-state index < -0.39 is 11.5 Å². The Balaban J connectivity index is 1.59. The molecule has 1 saturated carbocycles. The minimum absolute atomic E-state index is 0.0637. The lowest BCUT2D eigenvalue weighted by Gasteiger charge is -2.31. The molecule has 0 aliphatic heterocycles. The van der Waals surface area contributed by atoms with Crippen LogP contribution < -0.4 is 10.6 Å². The highest BCUT2D eigenvalue weighted by molar-refractivity contribution is 5.94. The van der Waals surface area contributed by atoms with Crippen LogP contribution in [0.15, 0.2) is 42.6 Å². The SMILES string of the molecule is CC(C)(O)C(=O)N[C@@H]1CCCC(NC(=O)c2ccc(-c3cccc(F)c3)nc2)C1. The molecule has 7 heteroatoms. The van der Waals surface area contributed by atoms with Crippen LogP contribution in [0.4, 0.5) is 4.39 Å². The number of nitrogens with zero attached hydrogens (tertiary/aromatic N) is 1. The molecule has 29 heavy (non-hydrogen) atoms. The highest BCUT2D eigenvalue weighted by Gasteiger charge is 2.29. The van der Waals surface area contributed by atoms with E-state index in [0.717, 1.165) is 19.3 Å². The van der Waals surface area contributed by atoms with Crippen LogP contribution in [0.5, 0.6) is 0 Å². The van der Waals surface area contributed by atoms with Crippen molar-refractivity contribution >= 4 is 11.8 Å². The van der Waals surface area contributed by atoms with Crippen LogP contribution in [0.2, 0.25) is 0 Å². The quantitative estimate of drug-likeness (QED) is 0.721. The third-order valence-electron chi connectivity index (χ3n) is 5.05. The zero-order valence-corrected chi connectivity index (χ0v) is 16.6. The largest absolute Gasteiger partial charge is 0.381 e. The molecule has 1 aromatic heterocycles. The van der Waals surface area contributed by atoms with Crippen LogP contribution in [0, 0.1) is 5.82 Å². The molecule has 0 bridgehead atoms. The lowest BCUT2D eigenvalue weighted by Crippen LogP contribution is -2.50. The Labute approximate surface area is 169 Å². The van der Waals surface area contributed by atoms with E-state index in [1.807, 2.05) is 0 Å². The number of carbonyl (C=O) groups excluding carboxylic acids is 2. The lowest BCUT2D eigenvalue weighted by atomic mass is 9.90. The Bertz CT molecular complexity index is 878. The van der Waals surface area contributed by atoms with Gasteiger partial charge in [-0.1, -0.05) is 12.1 Å². The fourth-order valence-electron chi connectivity index (χ4n) is 3.43. The molecule has 2 amide bonds. The molecule has 1 aromatic carbocycles. The fraction of sp³-hybridized carbons (Fsp3) is 0.409. The summed E-state index contributed by atoms with van der Waals surface area (Å²) in [6, 6.07) is 9.35. The number of rotatable bonds is 5. The molecule has 1 unspecified atom stereocenters. The Kier molecular flexibility index (Phi) is 6.27. The highest BCUT2D eigenvalue weighted by atomic mass is 19.1. The van der Waals surface area contributed by atoms with Crippen LogP contribution >= 0.6 is 0 Å². The van der Waals surface area contributed by atoms with Gasteiger partial charge >= 0.3 is 0 Å². The second-order valence-corrected chi connectivity index (χ2v) is 8.01. The summed E-state index contributed by atoms with van der Waals surface area (Å²) in [6.45, 7) is 2.90. The summed E-state index contributed by atoms with van der Waals surface area (Å²) in [5.41, 5.74) is 0.237. The van der Waals surface area contributed by atoms with Crippen molar-refractivity contribution in [2.45, 2.75) is 57.2 Å². The van der Waals surface area contributed by atoms with E-state index in [2.05, 4.69) is 15.6 Å². The summed E-state index contributed by atoms with van der Waals surface area (Å²) in [4.78, 5) is 28.8. The van der Waals surface area contributed by atoms with Gasteiger partial charge in [0.05, 0.1) is 11.3 Å². The highest BCUT2D eigenvalue weighted by Crippen LogP contribution is 2.21. The summed E-state index contributed by atoms with van der Waals surface area (Å²) >= 11 is 0. The summed E-state index contributed by atoms with van der Waals surface area (Å²) < 4.78 is 13.4. The van der Waals surface area contributed by atoms with Gasteiger partial charge in [-0.05, 0) is 63.8 Å². The molecule has 1 heterocycles. The van der Waals surface area contributed by atoms with Gasteiger partial charge in [-0.15, -0.1) is 0 Å². The maximum absolute atomic E-state index is 13.4. The van der Waals surface area contributed by atoms with Crippen molar-refractivity contribution in [3.63, 3.8) is 0 Å². The molecule has 3 N–H and O–H groups in total. The van der Waals surface area contributed by atoms with Gasteiger partial charge in [-0.2, -0.15) is 0 Å². The Morgan fingerprint density at radius 1 is 1.14 bits per heavy atom. The van der Waals surface area contributed by atoms with Gasteiger partial charge in [0.15, 0.2) is 0 Å². The van der Waals surface area contributed by atoms with Crippen LogP contribution in [0.3, 0.4) is 0 Å². The molecule has 2 atom stereocenters. The van der Waals surface area contributed by atoms with Crippen molar-refractivity contribution in [3.8, 4) is 11.3 Å². The third kappa shape index (κ3) is 5.60. The number of hydrogen-bond acceptors (Lipinski definition) is 4. The Hall–Kier alpha value is -2.80. The molecule has 0 saturated heterocycles. The molecular formula is C22H26FN3O3. The molecule has 1 fully saturated rings. The normalized spacial score (nSPS) is 19.4. The molecule has 154 valence electrons. The van der Waals surface area contributed by atoms with Gasteiger partial charge in [0.2, 0.25) is 0 Å². The van der Waals surface area contributed by atoms with Crippen molar-refractivity contribution in [1.29, 1.82) is 0 Å². The Morgan fingerprint density at radius 3 is 2.48 bits per heavy atom. The lowest BCUT2D eigenvalue weighted by molar-refractivity contribution is -0.137. The topological polar surface area (TPSA) is 91.3 Å². The third-order valence-corrected chi connectivity index (χ3v) is 5.05. The molecule has 3 rings (SSSR count). The number of nitrogens with one attached hydrogen (secondary N) is 2. The minimum atomic E-state index is -1.43. The second-order valence-electron chi connectivity index (χ2n) is 8.01. The van der Waals surface area contributed by atoms with Gasteiger partial charge in [0.25, 0.3) is 11.8 Å². The fourth-order valence-corrected chi connectivity index (χ4v) is 3.43. The van der Waals surface area contributed by atoms with Crippen molar-refractivity contribution in [3.05, 3.63) is 54.0 Å². The van der Waals surface area contributed by atoms with E-state index in [9.17, 15) is 19.1 Å². The minimum Gasteiger partial charge on any atom is -0.381 e. The average molecular weight is 399 g/mol. The zero-order chi connectivity index (χ0) is 21.0. The zero-order valence-electron chi connectivity index (χ0n) is 16.6. The number of benzene rings is 1. The van der Waals surface area contributed by atoms with Gasteiger partial charge in [-0.3, -0.25) is 14.6 Å². The first-order valence-electron chi connectivity index (χ1n) is 9.78. The van der Waals surface area contributed by atoms with Gasteiger partial charge < -0.3 is 15.7 Å². The first-order chi connectivity index (χ1) is 13.7. The van der Waals surface area contributed by atoms with Crippen LogP contribution in [0.1, 0.15) is 49.9 Å². The Morgan fingerprint density at radius 2 is 1.86 bits per heavy atom. The van der Waals surface area contributed by atoms with E-state index in [1.54, 1.807) is 24.3 Å².